The number of aromatic amines is 1. The second kappa shape index (κ2) is 7.70. The predicted octanol–water partition coefficient (Wildman–Crippen LogP) is 2.83. The quantitative estimate of drug-likeness (QED) is 0.651. The lowest BCUT2D eigenvalue weighted by Crippen LogP contribution is -2.50. The lowest BCUT2D eigenvalue weighted by atomic mass is 10.1. The maximum atomic E-state index is 13.1. The summed E-state index contributed by atoms with van der Waals surface area (Å²) in [5.41, 5.74) is 2.83. The van der Waals surface area contributed by atoms with E-state index in [4.69, 9.17) is 0 Å². The number of fused-ring (bicyclic) bond motifs is 1. The number of H-pyrrole nitrogens is 1. The van der Waals surface area contributed by atoms with Crippen LogP contribution in [0.1, 0.15) is 33.3 Å². The van der Waals surface area contributed by atoms with Gasteiger partial charge in [0.25, 0.3) is 5.91 Å². The Kier molecular flexibility index (Phi) is 5.21. The largest absolute Gasteiger partial charge is 0.358 e. The Morgan fingerprint density at radius 1 is 0.933 bits per heavy atom. The molecule has 2 aromatic carbocycles. The maximum Gasteiger partial charge on any atom is 0.256 e. The van der Waals surface area contributed by atoms with E-state index in [-0.39, 0.29) is 29.7 Å². The second-order valence-corrected chi connectivity index (χ2v) is 9.39. The van der Waals surface area contributed by atoms with Crippen LogP contribution < -0.4 is 0 Å². The fourth-order valence-electron chi connectivity index (χ4n) is 3.85. The normalized spacial score (nSPS) is 15.5. The zero-order valence-electron chi connectivity index (χ0n) is 16.9. The number of carbonyl (C=O) groups is 2. The number of aromatic nitrogens is 1. The topological polar surface area (TPSA) is 90.6 Å². The summed E-state index contributed by atoms with van der Waals surface area (Å²) in [5, 5.41) is 0.876. The Bertz CT molecular complexity index is 1220. The molecule has 3 aromatic rings. The van der Waals surface area contributed by atoms with Gasteiger partial charge < -0.3 is 9.88 Å². The number of aryl methyl sites for hydroxylation is 1. The van der Waals surface area contributed by atoms with Gasteiger partial charge in [-0.15, -0.1) is 0 Å². The fraction of sp³-hybridized carbons (Fsp3) is 0.273. The number of para-hydroxylation sites is 1. The molecule has 0 atom stereocenters. The van der Waals surface area contributed by atoms with Crippen molar-refractivity contribution in [2.45, 2.75) is 18.7 Å². The number of hydrogen-bond acceptors (Lipinski definition) is 4. The van der Waals surface area contributed by atoms with Crippen LogP contribution in [0, 0.1) is 6.92 Å². The zero-order valence-corrected chi connectivity index (χ0v) is 17.7. The van der Waals surface area contributed by atoms with E-state index in [9.17, 15) is 18.0 Å². The SMILES string of the molecule is CC(=O)c1ccc(S(=O)(=O)N2CCN(C(=O)c3c(C)[nH]c4ccccc34)CC2)cc1. The van der Waals surface area contributed by atoms with Crippen LogP contribution in [0.25, 0.3) is 10.9 Å². The summed E-state index contributed by atoms with van der Waals surface area (Å²) in [5.74, 6) is -0.202. The van der Waals surface area contributed by atoms with Gasteiger partial charge in [0.2, 0.25) is 10.0 Å². The molecule has 0 unspecified atom stereocenters. The van der Waals surface area contributed by atoms with Gasteiger partial charge in [-0.1, -0.05) is 30.3 Å². The first-order valence-electron chi connectivity index (χ1n) is 9.77. The number of rotatable bonds is 4. The molecular weight excluding hydrogens is 402 g/mol. The van der Waals surface area contributed by atoms with Gasteiger partial charge in [-0.3, -0.25) is 9.59 Å². The number of amides is 1. The molecule has 30 heavy (non-hydrogen) atoms. The van der Waals surface area contributed by atoms with Crippen LogP contribution in [0.5, 0.6) is 0 Å². The molecule has 1 aliphatic rings. The van der Waals surface area contributed by atoms with Gasteiger partial charge in [0, 0.05) is 48.3 Å². The molecule has 0 radical (unpaired) electrons. The number of piperazine rings is 1. The zero-order chi connectivity index (χ0) is 21.5. The summed E-state index contributed by atoms with van der Waals surface area (Å²) in [4.78, 5) is 29.6. The second-order valence-electron chi connectivity index (χ2n) is 7.45. The van der Waals surface area contributed by atoms with Gasteiger partial charge in [0.05, 0.1) is 10.5 Å². The molecule has 2 heterocycles. The molecule has 1 aliphatic heterocycles. The van der Waals surface area contributed by atoms with Crippen LogP contribution in [0.3, 0.4) is 0 Å². The average molecular weight is 426 g/mol. The Labute approximate surface area is 175 Å². The third-order valence-electron chi connectivity index (χ3n) is 5.53. The summed E-state index contributed by atoms with van der Waals surface area (Å²) in [6.07, 6.45) is 0. The molecule has 0 bridgehead atoms. The standard InChI is InChI=1S/C22H23N3O4S/c1-15-21(19-5-3-4-6-20(19)23-15)22(27)24-11-13-25(14-12-24)30(28,29)18-9-7-17(8-10-18)16(2)26/h3-10,23H,11-14H2,1-2H3. The number of carbonyl (C=O) groups excluding carboxylic acids is 2. The summed E-state index contributed by atoms with van der Waals surface area (Å²) in [7, 11) is -3.67. The number of hydrogen-bond donors (Lipinski definition) is 1. The first-order chi connectivity index (χ1) is 14.3. The van der Waals surface area contributed by atoms with Crippen molar-refractivity contribution >= 4 is 32.6 Å². The lowest BCUT2D eigenvalue weighted by Gasteiger charge is -2.34. The van der Waals surface area contributed by atoms with Gasteiger partial charge in [0.15, 0.2) is 5.78 Å². The monoisotopic (exact) mass is 425 g/mol. The van der Waals surface area contributed by atoms with Crippen molar-refractivity contribution in [2.75, 3.05) is 26.2 Å². The molecule has 0 aliphatic carbocycles. The molecule has 7 nitrogen and oxygen atoms in total. The average Bonchev–Trinajstić information content (AvgIpc) is 3.09. The third-order valence-corrected chi connectivity index (χ3v) is 7.44. The van der Waals surface area contributed by atoms with E-state index >= 15 is 0 Å². The Morgan fingerprint density at radius 3 is 2.20 bits per heavy atom. The third kappa shape index (κ3) is 3.53. The fourth-order valence-corrected chi connectivity index (χ4v) is 5.27. The Morgan fingerprint density at radius 2 is 1.57 bits per heavy atom. The van der Waals surface area contributed by atoms with E-state index in [2.05, 4.69) is 4.98 Å². The van der Waals surface area contributed by atoms with Crippen LogP contribution in [0.4, 0.5) is 0 Å². The van der Waals surface area contributed by atoms with Crippen LogP contribution >= 0.6 is 0 Å². The van der Waals surface area contributed by atoms with Crippen LogP contribution in [-0.2, 0) is 10.0 Å². The number of ketones is 1. The summed E-state index contributed by atoms with van der Waals surface area (Å²) < 4.78 is 27.3. The van der Waals surface area contributed by atoms with Crippen molar-refractivity contribution in [3.05, 3.63) is 65.4 Å². The smallest absolute Gasteiger partial charge is 0.256 e. The molecule has 4 rings (SSSR count). The summed E-state index contributed by atoms with van der Waals surface area (Å²) in [6, 6.07) is 13.6. The predicted molar refractivity (Wildman–Crippen MR) is 114 cm³/mol. The first kappa shape index (κ1) is 20.3. The van der Waals surface area contributed by atoms with E-state index in [1.165, 1.54) is 35.5 Å². The van der Waals surface area contributed by atoms with E-state index in [0.29, 0.717) is 24.2 Å². The molecule has 1 fully saturated rings. The Hall–Kier alpha value is -2.97. The van der Waals surface area contributed by atoms with Crippen LogP contribution in [0.15, 0.2) is 53.4 Å². The molecule has 0 spiro atoms. The van der Waals surface area contributed by atoms with Crippen molar-refractivity contribution in [3.63, 3.8) is 0 Å². The van der Waals surface area contributed by atoms with Crippen molar-refractivity contribution < 1.29 is 18.0 Å². The van der Waals surface area contributed by atoms with Crippen molar-refractivity contribution in [3.8, 4) is 0 Å². The van der Waals surface area contributed by atoms with Crippen LogP contribution in [-0.4, -0.2) is 60.5 Å². The maximum absolute atomic E-state index is 13.1. The highest BCUT2D eigenvalue weighted by molar-refractivity contribution is 7.89. The minimum atomic E-state index is -3.67. The number of nitrogens with one attached hydrogen (secondary N) is 1. The summed E-state index contributed by atoms with van der Waals surface area (Å²) >= 11 is 0. The number of sulfonamides is 1. The van der Waals surface area contributed by atoms with Gasteiger partial charge in [-0.05, 0) is 32.0 Å². The Balaban J connectivity index is 1.50. The van der Waals surface area contributed by atoms with E-state index in [1.54, 1.807) is 4.90 Å². The molecule has 156 valence electrons. The molecule has 1 amide bonds. The highest BCUT2D eigenvalue weighted by atomic mass is 32.2. The molecular formula is C22H23N3O4S. The minimum Gasteiger partial charge on any atom is -0.358 e. The first-order valence-corrected chi connectivity index (χ1v) is 11.2. The van der Waals surface area contributed by atoms with Gasteiger partial charge in [-0.25, -0.2) is 8.42 Å². The number of benzene rings is 2. The number of Topliss-reactive ketones (excluding diaryl/α,β-unsaturated/α-hetero) is 1. The lowest BCUT2D eigenvalue weighted by molar-refractivity contribution is 0.0699. The van der Waals surface area contributed by atoms with Gasteiger partial charge >= 0.3 is 0 Å². The highest BCUT2D eigenvalue weighted by Gasteiger charge is 2.31. The van der Waals surface area contributed by atoms with E-state index in [0.717, 1.165) is 16.6 Å². The van der Waals surface area contributed by atoms with Crippen molar-refractivity contribution in [1.29, 1.82) is 0 Å². The highest BCUT2D eigenvalue weighted by Crippen LogP contribution is 2.25. The van der Waals surface area contributed by atoms with Crippen molar-refractivity contribution in [2.24, 2.45) is 0 Å². The molecule has 1 N–H and O–H groups in total. The van der Waals surface area contributed by atoms with E-state index in [1.807, 2.05) is 31.2 Å². The molecule has 1 saturated heterocycles. The molecule has 1 aromatic heterocycles. The molecule has 0 saturated carbocycles. The summed E-state index contributed by atoms with van der Waals surface area (Å²) in [6.45, 7) is 4.41. The van der Waals surface area contributed by atoms with E-state index < -0.39 is 10.0 Å². The molecule has 8 heteroatoms. The van der Waals surface area contributed by atoms with Gasteiger partial charge in [0.1, 0.15) is 0 Å². The van der Waals surface area contributed by atoms with Gasteiger partial charge in [-0.2, -0.15) is 4.31 Å². The minimum absolute atomic E-state index is 0.0900. The number of nitrogens with zero attached hydrogens (tertiary/aromatic N) is 2. The van der Waals surface area contributed by atoms with Crippen LogP contribution in [0.2, 0.25) is 0 Å². The van der Waals surface area contributed by atoms with Crippen molar-refractivity contribution in [1.82, 2.24) is 14.2 Å².